The van der Waals surface area contributed by atoms with Gasteiger partial charge in [-0.1, -0.05) is 30.8 Å². The maximum absolute atomic E-state index is 13.6. The number of carbonyl (C=O) groups is 3. The van der Waals surface area contributed by atoms with E-state index in [1.54, 1.807) is 41.6 Å². The molecule has 0 bridgehead atoms. The second-order valence-electron chi connectivity index (χ2n) is 9.29. The van der Waals surface area contributed by atoms with Gasteiger partial charge in [0.2, 0.25) is 17.8 Å². The molecule has 3 amide bonds. The van der Waals surface area contributed by atoms with Crippen LogP contribution in [-0.2, 0) is 9.59 Å². The molecule has 40 heavy (non-hydrogen) atoms. The molecule has 1 aromatic carbocycles. The second kappa shape index (κ2) is 11.8. The molecular formula is C29H27ClN6O3S. The topological polar surface area (TPSA) is 109 Å². The molecule has 0 saturated carbocycles. The fourth-order valence-electron chi connectivity index (χ4n) is 4.87. The number of anilines is 2. The Labute approximate surface area is 240 Å². The molecule has 0 spiro atoms. The monoisotopic (exact) mass is 574 g/mol. The molecule has 1 fully saturated rings. The summed E-state index contributed by atoms with van der Waals surface area (Å²) in [6, 6.07) is 10.5. The largest absolute Gasteiger partial charge is 0.337 e. The minimum atomic E-state index is -0.389. The molecule has 1 saturated heterocycles. The molecule has 9 nitrogen and oxygen atoms in total. The van der Waals surface area contributed by atoms with E-state index in [4.69, 9.17) is 16.6 Å². The van der Waals surface area contributed by atoms with Gasteiger partial charge in [-0.2, -0.15) is 0 Å². The smallest absolute Gasteiger partial charge is 0.268 e. The number of benzene rings is 1. The lowest BCUT2D eigenvalue weighted by Crippen LogP contribution is -2.34. The van der Waals surface area contributed by atoms with E-state index in [0.717, 1.165) is 24.8 Å². The summed E-state index contributed by atoms with van der Waals surface area (Å²) in [7, 11) is 0. The Bertz CT molecular complexity index is 1610. The zero-order valence-corrected chi connectivity index (χ0v) is 23.2. The van der Waals surface area contributed by atoms with E-state index in [1.165, 1.54) is 23.5 Å². The number of imidazole rings is 1. The Hall–Kier alpha value is -4.28. The number of hydrogen-bond donors (Lipinski definition) is 2. The van der Waals surface area contributed by atoms with Crippen molar-refractivity contribution < 1.29 is 14.4 Å². The molecule has 11 heteroatoms. The summed E-state index contributed by atoms with van der Waals surface area (Å²) in [4.78, 5) is 49.9. The lowest BCUT2D eigenvalue weighted by atomic mass is 10.1. The fraction of sp³-hybridized carbons (Fsp3) is 0.207. The van der Waals surface area contributed by atoms with Crippen molar-refractivity contribution in [3.8, 4) is 10.4 Å². The van der Waals surface area contributed by atoms with Crippen molar-refractivity contribution in [2.45, 2.75) is 25.3 Å². The number of pyridine rings is 1. The Morgan fingerprint density at radius 3 is 2.62 bits per heavy atom. The van der Waals surface area contributed by atoms with Gasteiger partial charge in [-0.05, 0) is 67.3 Å². The number of aromatic nitrogens is 3. The lowest BCUT2D eigenvalue weighted by Gasteiger charge is -2.26. The highest BCUT2D eigenvalue weighted by Gasteiger charge is 2.28. The Morgan fingerprint density at radius 1 is 1.07 bits per heavy atom. The summed E-state index contributed by atoms with van der Waals surface area (Å²) in [6.45, 7) is 8.23. The van der Waals surface area contributed by atoms with Crippen LogP contribution in [0.3, 0.4) is 0 Å². The standard InChI is InChI=1S/C29H27ClN6O3S/c1-3-24(37)32-22-16-23(40-27(22)18-11-13-31-14-12-18)28(39)34-29-33-21-10-7-9-20(30)26(21)36(29)19-8-5-6-15-35(17-19)25(38)4-2/h3-4,7,9-14,16,19H,1-2,5-6,8,15,17H2,(H,32,37)(H,33,34,39)/t19-/m1/s1. The zero-order chi connectivity index (χ0) is 28.2. The summed E-state index contributed by atoms with van der Waals surface area (Å²) in [5, 5.41) is 6.26. The van der Waals surface area contributed by atoms with Crippen molar-refractivity contribution in [2.75, 3.05) is 23.7 Å². The number of hydrogen-bond acceptors (Lipinski definition) is 6. The third-order valence-corrected chi connectivity index (χ3v) is 8.21. The van der Waals surface area contributed by atoms with Crippen molar-refractivity contribution in [3.05, 3.63) is 84.0 Å². The number of carbonyl (C=O) groups excluding carboxylic acids is 3. The molecule has 0 unspecified atom stereocenters. The molecular weight excluding hydrogens is 548 g/mol. The van der Waals surface area contributed by atoms with Gasteiger partial charge in [-0.15, -0.1) is 11.3 Å². The highest BCUT2D eigenvalue weighted by molar-refractivity contribution is 7.18. The van der Waals surface area contributed by atoms with Crippen molar-refractivity contribution in [2.24, 2.45) is 0 Å². The second-order valence-corrected chi connectivity index (χ2v) is 10.7. The molecule has 1 atom stereocenters. The van der Waals surface area contributed by atoms with Crippen LogP contribution in [-0.4, -0.2) is 50.2 Å². The van der Waals surface area contributed by atoms with Crippen LogP contribution in [0.1, 0.15) is 35.0 Å². The predicted octanol–water partition coefficient (Wildman–Crippen LogP) is 5.93. The minimum Gasteiger partial charge on any atom is -0.337 e. The molecule has 4 aromatic rings. The Balaban J connectivity index is 1.53. The van der Waals surface area contributed by atoms with Crippen molar-refractivity contribution >= 4 is 63.3 Å². The van der Waals surface area contributed by atoms with E-state index in [9.17, 15) is 14.4 Å². The molecule has 5 rings (SSSR count). The highest BCUT2D eigenvalue weighted by Crippen LogP contribution is 2.38. The molecule has 204 valence electrons. The van der Waals surface area contributed by atoms with Crippen LogP contribution in [0.2, 0.25) is 5.02 Å². The molecule has 0 aliphatic carbocycles. The Morgan fingerprint density at radius 2 is 1.88 bits per heavy atom. The normalized spacial score (nSPS) is 15.3. The van der Waals surface area contributed by atoms with Crippen molar-refractivity contribution in [3.63, 3.8) is 0 Å². The Kier molecular flexibility index (Phi) is 8.09. The molecule has 4 heterocycles. The van der Waals surface area contributed by atoms with Gasteiger partial charge in [0.1, 0.15) is 0 Å². The molecule has 0 radical (unpaired) electrons. The quantitative estimate of drug-likeness (QED) is 0.266. The summed E-state index contributed by atoms with van der Waals surface area (Å²) >= 11 is 7.89. The number of likely N-dealkylation sites (tertiary alicyclic amines) is 1. The summed E-state index contributed by atoms with van der Waals surface area (Å²) in [5.74, 6) is -0.575. The van der Waals surface area contributed by atoms with E-state index in [-0.39, 0.29) is 23.8 Å². The summed E-state index contributed by atoms with van der Waals surface area (Å²) < 4.78 is 1.93. The summed E-state index contributed by atoms with van der Waals surface area (Å²) in [6.07, 6.45) is 8.33. The zero-order valence-electron chi connectivity index (χ0n) is 21.6. The maximum atomic E-state index is 13.6. The lowest BCUT2D eigenvalue weighted by molar-refractivity contribution is -0.126. The number of halogens is 1. The minimum absolute atomic E-state index is 0.135. The SMILES string of the molecule is C=CC(=O)Nc1cc(C(=O)Nc2nc3cccc(Cl)c3n2[C@@H]2CCCCN(C(=O)C=C)C2)sc1-c1ccncc1. The van der Waals surface area contributed by atoms with Gasteiger partial charge in [0.25, 0.3) is 5.91 Å². The molecule has 3 aromatic heterocycles. The maximum Gasteiger partial charge on any atom is 0.268 e. The molecule has 2 N–H and O–H groups in total. The van der Waals surface area contributed by atoms with E-state index < -0.39 is 0 Å². The van der Waals surface area contributed by atoms with Gasteiger partial charge in [-0.25, -0.2) is 4.98 Å². The first-order valence-electron chi connectivity index (χ1n) is 12.8. The number of para-hydroxylation sites is 1. The number of nitrogens with one attached hydrogen (secondary N) is 2. The predicted molar refractivity (Wildman–Crippen MR) is 159 cm³/mol. The molecule has 1 aliphatic rings. The van der Waals surface area contributed by atoms with Gasteiger partial charge < -0.3 is 14.8 Å². The average Bonchev–Trinajstić information content (AvgIpc) is 3.46. The number of fused-ring (bicyclic) bond motifs is 1. The highest BCUT2D eigenvalue weighted by atomic mass is 35.5. The van der Waals surface area contributed by atoms with Crippen molar-refractivity contribution in [1.82, 2.24) is 19.4 Å². The van der Waals surface area contributed by atoms with Crippen molar-refractivity contribution in [1.29, 1.82) is 0 Å². The van der Waals surface area contributed by atoms with E-state index >= 15 is 0 Å². The number of nitrogens with zero attached hydrogens (tertiary/aromatic N) is 4. The number of amides is 3. The van der Waals surface area contributed by atoms with Crippen LogP contribution < -0.4 is 10.6 Å². The third-order valence-electron chi connectivity index (χ3n) is 6.73. The molecule has 1 aliphatic heterocycles. The van der Waals surface area contributed by atoms with Crippen LogP contribution in [0.4, 0.5) is 11.6 Å². The van der Waals surface area contributed by atoms with Crippen LogP contribution in [0.15, 0.2) is 74.1 Å². The number of rotatable bonds is 7. The van der Waals surface area contributed by atoms with E-state index in [0.29, 0.717) is 50.5 Å². The van der Waals surface area contributed by atoms with E-state index in [1.807, 2.05) is 16.7 Å². The first-order valence-corrected chi connectivity index (χ1v) is 14.0. The van der Waals surface area contributed by atoms with Crippen LogP contribution in [0.25, 0.3) is 21.5 Å². The first kappa shape index (κ1) is 27.3. The summed E-state index contributed by atoms with van der Waals surface area (Å²) in [5.41, 5.74) is 2.63. The van der Waals surface area contributed by atoms with Crippen LogP contribution in [0.5, 0.6) is 0 Å². The van der Waals surface area contributed by atoms with Crippen LogP contribution in [0, 0.1) is 0 Å². The van der Waals surface area contributed by atoms with Gasteiger partial charge in [0.15, 0.2) is 0 Å². The third kappa shape index (κ3) is 5.54. The van der Waals surface area contributed by atoms with Gasteiger partial charge in [0.05, 0.1) is 37.5 Å². The fourth-order valence-corrected chi connectivity index (χ4v) is 6.15. The van der Waals surface area contributed by atoms with E-state index in [2.05, 4.69) is 28.8 Å². The first-order chi connectivity index (χ1) is 19.4. The van der Waals surface area contributed by atoms with Gasteiger partial charge in [-0.3, -0.25) is 24.7 Å². The number of thiophene rings is 1. The van der Waals surface area contributed by atoms with Gasteiger partial charge >= 0.3 is 0 Å². The van der Waals surface area contributed by atoms with Gasteiger partial charge in [0, 0.05) is 25.5 Å². The average molecular weight is 575 g/mol. The van der Waals surface area contributed by atoms with Crippen LogP contribution >= 0.6 is 22.9 Å².